The Bertz CT molecular complexity index is 702. The van der Waals surface area contributed by atoms with Crippen LogP contribution in [0.5, 0.6) is 0 Å². The summed E-state index contributed by atoms with van der Waals surface area (Å²) in [5, 5.41) is 2.65. The maximum atomic E-state index is 13.5. The van der Waals surface area contributed by atoms with Crippen molar-refractivity contribution in [3.8, 4) is 0 Å². The quantitative estimate of drug-likeness (QED) is 0.760. The zero-order valence-corrected chi connectivity index (χ0v) is 13.7. The van der Waals surface area contributed by atoms with Gasteiger partial charge in [0.2, 0.25) is 0 Å². The lowest BCUT2D eigenvalue weighted by molar-refractivity contribution is -0.151. The second-order valence-electron chi connectivity index (χ2n) is 5.04. The van der Waals surface area contributed by atoms with Crippen LogP contribution in [0.3, 0.4) is 0 Å². The van der Waals surface area contributed by atoms with Crippen LogP contribution < -0.4 is 0 Å². The van der Waals surface area contributed by atoms with Crippen molar-refractivity contribution in [2.45, 2.75) is 19.9 Å². The molecule has 7 heteroatoms. The molecule has 5 nitrogen and oxygen atoms in total. The summed E-state index contributed by atoms with van der Waals surface area (Å²) < 4.78 is 18.5. The summed E-state index contributed by atoms with van der Waals surface area (Å²) in [6, 6.07) is 6.23. The van der Waals surface area contributed by atoms with Gasteiger partial charge in [-0.15, -0.1) is 11.3 Å². The third-order valence-corrected chi connectivity index (χ3v) is 3.96. The molecule has 1 amide bonds. The molecule has 0 aliphatic heterocycles. The summed E-state index contributed by atoms with van der Waals surface area (Å²) in [6.45, 7) is 1.60. The van der Waals surface area contributed by atoms with Crippen LogP contribution in [0.15, 0.2) is 29.6 Å². The van der Waals surface area contributed by atoms with E-state index in [1.54, 1.807) is 23.6 Å². The Balaban J connectivity index is 1.79. The largest absolute Gasteiger partial charge is 0.455 e. The molecule has 0 unspecified atom stereocenters. The van der Waals surface area contributed by atoms with Gasteiger partial charge in [0.1, 0.15) is 5.82 Å². The Morgan fingerprint density at radius 3 is 2.74 bits per heavy atom. The van der Waals surface area contributed by atoms with Crippen molar-refractivity contribution in [1.29, 1.82) is 0 Å². The van der Waals surface area contributed by atoms with Crippen LogP contribution in [-0.2, 0) is 27.3 Å². The lowest BCUT2D eigenvalue weighted by Crippen LogP contribution is -2.31. The zero-order valence-electron chi connectivity index (χ0n) is 12.9. The topological polar surface area (TPSA) is 59.5 Å². The number of aromatic nitrogens is 1. The van der Waals surface area contributed by atoms with Crippen molar-refractivity contribution in [3.05, 3.63) is 51.7 Å². The second kappa shape index (κ2) is 7.82. The van der Waals surface area contributed by atoms with Gasteiger partial charge in [0.25, 0.3) is 5.91 Å². The molecule has 1 heterocycles. The van der Waals surface area contributed by atoms with E-state index < -0.39 is 11.9 Å². The van der Waals surface area contributed by atoms with Gasteiger partial charge in [-0.1, -0.05) is 18.2 Å². The molecule has 0 saturated heterocycles. The average Bonchev–Trinajstić information content (AvgIpc) is 2.92. The minimum absolute atomic E-state index is 0.0364. The smallest absolute Gasteiger partial charge is 0.312 e. The number of thiazole rings is 1. The molecule has 0 N–H and O–H groups in total. The third kappa shape index (κ3) is 5.14. The van der Waals surface area contributed by atoms with Gasteiger partial charge >= 0.3 is 5.97 Å². The van der Waals surface area contributed by atoms with Crippen LogP contribution in [0.1, 0.15) is 16.3 Å². The summed E-state index contributed by atoms with van der Waals surface area (Å²) in [4.78, 5) is 29.1. The number of halogens is 1. The Labute approximate surface area is 137 Å². The number of nitrogens with zero attached hydrogens (tertiary/aromatic N) is 2. The first-order valence-corrected chi connectivity index (χ1v) is 7.87. The van der Waals surface area contributed by atoms with Gasteiger partial charge in [-0.3, -0.25) is 9.59 Å². The monoisotopic (exact) mass is 336 g/mol. The van der Waals surface area contributed by atoms with Crippen LogP contribution in [0.2, 0.25) is 0 Å². The summed E-state index contributed by atoms with van der Waals surface area (Å²) in [5.74, 6) is -1.28. The van der Waals surface area contributed by atoms with Crippen molar-refractivity contribution in [2.24, 2.45) is 0 Å². The maximum absolute atomic E-state index is 13.5. The number of hydrogen-bond donors (Lipinski definition) is 0. The van der Waals surface area contributed by atoms with Crippen molar-refractivity contribution in [2.75, 3.05) is 13.7 Å². The molecule has 122 valence electrons. The predicted molar refractivity (Wildman–Crippen MR) is 84.4 cm³/mol. The molecule has 0 fully saturated rings. The highest BCUT2D eigenvalue weighted by molar-refractivity contribution is 7.09. The van der Waals surface area contributed by atoms with Crippen LogP contribution >= 0.6 is 11.3 Å². The number of likely N-dealkylation sites (N-methyl/N-ethyl adjacent to an activating group) is 1. The molecule has 0 saturated carbocycles. The van der Waals surface area contributed by atoms with E-state index in [0.29, 0.717) is 11.3 Å². The molecule has 1 aromatic heterocycles. The first-order valence-electron chi connectivity index (χ1n) is 6.99. The first kappa shape index (κ1) is 17.1. The summed E-state index contributed by atoms with van der Waals surface area (Å²) >= 11 is 1.45. The summed E-state index contributed by atoms with van der Waals surface area (Å²) in [6.07, 6.45) is 0.0364. The van der Waals surface area contributed by atoms with Gasteiger partial charge < -0.3 is 9.64 Å². The number of benzene rings is 1. The first-order chi connectivity index (χ1) is 11.0. The summed E-state index contributed by atoms with van der Waals surface area (Å²) in [7, 11) is 1.53. The second-order valence-corrected chi connectivity index (χ2v) is 6.10. The lowest BCUT2D eigenvalue weighted by atomic mass is 10.2. The number of ether oxygens (including phenoxy) is 1. The van der Waals surface area contributed by atoms with E-state index in [1.165, 1.54) is 29.4 Å². The van der Waals surface area contributed by atoms with Crippen molar-refractivity contribution >= 4 is 23.2 Å². The molecular formula is C16H17FN2O3S. The van der Waals surface area contributed by atoms with Gasteiger partial charge in [0.15, 0.2) is 6.61 Å². The molecule has 2 aromatic rings. The van der Waals surface area contributed by atoms with Crippen LogP contribution in [0.4, 0.5) is 4.39 Å². The van der Waals surface area contributed by atoms with Crippen LogP contribution in [0, 0.1) is 12.7 Å². The highest BCUT2D eigenvalue weighted by Gasteiger charge is 2.15. The fourth-order valence-electron chi connectivity index (χ4n) is 1.91. The number of carbonyl (C=O) groups excluding carboxylic acids is 2. The molecule has 0 aliphatic rings. The number of aryl methyl sites for hydroxylation is 1. The Morgan fingerprint density at radius 1 is 1.35 bits per heavy atom. The van der Waals surface area contributed by atoms with Gasteiger partial charge in [-0.2, -0.15) is 0 Å². The Hall–Kier alpha value is -2.28. The van der Waals surface area contributed by atoms with Gasteiger partial charge in [0, 0.05) is 24.5 Å². The third-order valence-electron chi connectivity index (χ3n) is 3.14. The van der Waals surface area contributed by atoms with E-state index >= 15 is 0 Å². The number of rotatable bonds is 6. The molecule has 0 aliphatic carbocycles. The van der Waals surface area contributed by atoms with E-state index in [-0.39, 0.29) is 25.4 Å². The minimum atomic E-state index is -0.511. The normalized spacial score (nSPS) is 10.4. The van der Waals surface area contributed by atoms with Crippen LogP contribution in [0.25, 0.3) is 0 Å². The standard InChI is InChI=1S/C16H17FN2O3S/c1-11-18-13(10-23-11)7-16(21)22-9-15(20)19(2)8-12-5-3-4-6-14(12)17/h3-6,10H,7-9H2,1-2H3. The van der Waals surface area contributed by atoms with Crippen LogP contribution in [-0.4, -0.2) is 35.4 Å². The molecule has 0 radical (unpaired) electrons. The maximum Gasteiger partial charge on any atom is 0.312 e. The number of esters is 1. The number of hydrogen-bond acceptors (Lipinski definition) is 5. The van der Waals surface area contributed by atoms with E-state index in [9.17, 15) is 14.0 Å². The fraction of sp³-hybridized carbons (Fsp3) is 0.312. The minimum Gasteiger partial charge on any atom is -0.455 e. The van der Waals surface area contributed by atoms with Gasteiger partial charge in [-0.05, 0) is 13.0 Å². The van der Waals surface area contributed by atoms with E-state index in [4.69, 9.17) is 4.74 Å². The fourth-order valence-corrected chi connectivity index (χ4v) is 2.52. The highest BCUT2D eigenvalue weighted by atomic mass is 32.1. The predicted octanol–water partition coefficient (Wildman–Crippen LogP) is 2.33. The molecule has 0 bridgehead atoms. The van der Waals surface area contributed by atoms with Gasteiger partial charge in [-0.25, -0.2) is 9.37 Å². The lowest BCUT2D eigenvalue weighted by Gasteiger charge is -2.17. The molecule has 2 rings (SSSR count). The van der Waals surface area contributed by atoms with E-state index in [0.717, 1.165) is 5.01 Å². The van der Waals surface area contributed by atoms with Crippen molar-refractivity contribution < 1.29 is 18.7 Å². The number of amides is 1. The molecule has 0 atom stereocenters. The highest BCUT2D eigenvalue weighted by Crippen LogP contribution is 2.10. The molecule has 23 heavy (non-hydrogen) atoms. The Kier molecular flexibility index (Phi) is 5.81. The zero-order chi connectivity index (χ0) is 16.8. The summed E-state index contributed by atoms with van der Waals surface area (Å²) in [5.41, 5.74) is 1.04. The molecular weight excluding hydrogens is 319 g/mol. The van der Waals surface area contributed by atoms with Crippen molar-refractivity contribution in [3.63, 3.8) is 0 Å². The Morgan fingerprint density at radius 2 is 2.09 bits per heavy atom. The van der Waals surface area contributed by atoms with Gasteiger partial charge in [0.05, 0.1) is 17.1 Å². The SMILES string of the molecule is Cc1nc(CC(=O)OCC(=O)N(C)Cc2ccccc2F)cs1. The van der Waals surface area contributed by atoms with Crippen molar-refractivity contribution in [1.82, 2.24) is 9.88 Å². The molecule has 1 aromatic carbocycles. The average molecular weight is 336 g/mol. The number of carbonyl (C=O) groups is 2. The van der Waals surface area contributed by atoms with E-state index in [1.807, 2.05) is 6.92 Å². The van der Waals surface area contributed by atoms with E-state index in [2.05, 4.69) is 4.98 Å². The molecule has 0 spiro atoms.